The lowest BCUT2D eigenvalue weighted by atomic mass is 10.2. The number of anilines is 2. The number of hydrogen-bond acceptors (Lipinski definition) is 2. The average molecular weight is 485 g/mol. The van der Waals surface area contributed by atoms with Crippen molar-refractivity contribution in [2.24, 2.45) is 0 Å². The third kappa shape index (κ3) is 3.64. The number of aryl methyl sites for hydroxylation is 1. The van der Waals surface area contributed by atoms with E-state index in [1.807, 2.05) is 24.3 Å². The summed E-state index contributed by atoms with van der Waals surface area (Å²) in [5.41, 5.74) is 9.41. The SMILES string of the molecule is Cc1cc(I)ccc1NNc1ccc(I)cc1Cl. The zero-order valence-electron chi connectivity index (χ0n) is 9.60. The molecule has 0 radical (unpaired) electrons. The molecule has 2 N–H and O–H groups in total. The lowest BCUT2D eigenvalue weighted by molar-refractivity contribution is 1.35. The van der Waals surface area contributed by atoms with Crippen LogP contribution in [-0.2, 0) is 0 Å². The van der Waals surface area contributed by atoms with Crippen molar-refractivity contribution in [1.29, 1.82) is 0 Å². The van der Waals surface area contributed by atoms with Crippen LogP contribution in [0.1, 0.15) is 5.56 Å². The predicted octanol–water partition coefficient (Wildman–Crippen LogP) is 5.30. The minimum Gasteiger partial charge on any atom is -0.301 e. The summed E-state index contributed by atoms with van der Waals surface area (Å²) in [7, 11) is 0. The standard InChI is InChI=1S/C13H11ClI2N2/c1-8-6-9(15)2-4-12(8)17-18-13-5-3-10(16)7-11(13)14/h2-7,17-18H,1H3. The molecule has 5 heteroatoms. The molecule has 0 spiro atoms. The van der Waals surface area contributed by atoms with Crippen molar-refractivity contribution < 1.29 is 0 Å². The third-order valence-electron chi connectivity index (χ3n) is 2.45. The number of hydrogen-bond donors (Lipinski definition) is 2. The minimum absolute atomic E-state index is 0.706. The van der Waals surface area contributed by atoms with Gasteiger partial charge < -0.3 is 5.43 Å². The van der Waals surface area contributed by atoms with E-state index in [1.54, 1.807) is 0 Å². The fourth-order valence-electron chi connectivity index (χ4n) is 1.49. The van der Waals surface area contributed by atoms with E-state index in [0.29, 0.717) is 5.02 Å². The van der Waals surface area contributed by atoms with E-state index in [0.717, 1.165) is 14.9 Å². The number of benzene rings is 2. The Morgan fingerprint density at radius 3 is 2.06 bits per heavy atom. The molecule has 2 rings (SSSR count). The minimum atomic E-state index is 0.706. The summed E-state index contributed by atoms with van der Waals surface area (Å²) in [6.07, 6.45) is 0. The Morgan fingerprint density at radius 1 is 0.889 bits per heavy atom. The Kier molecular flexibility index (Phi) is 4.97. The predicted molar refractivity (Wildman–Crippen MR) is 95.3 cm³/mol. The van der Waals surface area contributed by atoms with Crippen LogP contribution in [0.15, 0.2) is 36.4 Å². The second-order valence-electron chi connectivity index (χ2n) is 3.83. The van der Waals surface area contributed by atoms with E-state index in [2.05, 4.69) is 75.1 Å². The molecule has 0 aliphatic rings. The normalized spacial score (nSPS) is 10.2. The average Bonchev–Trinajstić information content (AvgIpc) is 2.30. The lowest BCUT2D eigenvalue weighted by Gasteiger charge is -2.13. The van der Waals surface area contributed by atoms with Crippen LogP contribution in [0.3, 0.4) is 0 Å². The van der Waals surface area contributed by atoms with Crippen LogP contribution in [0.2, 0.25) is 5.02 Å². The maximum Gasteiger partial charge on any atom is 0.0726 e. The molecular weight excluding hydrogens is 473 g/mol. The molecule has 0 heterocycles. The fourth-order valence-corrected chi connectivity index (χ4v) is 3.04. The first kappa shape index (κ1) is 14.2. The van der Waals surface area contributed by atoms with Gasteiger partial charge in [-0.15, -0.1) is 0 Å². The van der Waals surface area contributed by atoms with Gasteiger partial charge in [-0.25, -0.2) is 0 Å². The van der Waals surface area contributed by atoms with Crippen molar-refractivity contribution in [3.8, 4) is 0 Å². The van der Waals surface area contributed by atoms with Crippen LogP contribution in [0.4, 0.5) is 11.4 Å². The molecule has 2 nitrogen and oxygen atoms in total. The van der Waals surface area contributed by atoms with Gasteiger partial charge in [0.1, 0.15) is 0 Å². The molecule has 2 aromatic carbocycles. The molecule has 94 valence electrons. The van der Waals surface area contributed by atoms with Gasteiger partial charge in [-0.3, -0.25) is 5.43 Å². The summed E-state index contributed by atoms with van der Waals surface area (Å²) < 4.78 is 2.34. The van der Waals surface area contributed by atoms with Gasteiger partial charge in [0, 0.05) is 7.14 Å². The quantitative estimate of drug-likeness (QED) is 0.457. The van der Waals surface area contributed by atoms with Crippen LogP contribution in [0.25, 0.3) is 0 Å². The van der Waals surface area contributed by atoms with Gasteiger partial charge in [0.15, 0.2) is 0 Å². The second-order valence-corrected chi connectivity index (χ2v) is 6.73. The zero-order valence-corrected chi connectivity index (χ0v) is 14.7. The third-order valence-corrected chi connectivity index (χ3v) is 4.11. The van der Waals surface area contributed by atoms with Gasteiger partial charge in [0.05, 0.1) is 16.4 Å². The molecule has 0 aliphatic heterocycles. The summed E-state index contributed by atoms with van der Waals surface area (Å²) in [5.74, 6) is 0. The van der Waals surface area contributed by atoms with E-state index in [1.165, 1.54) is 9.13 Å². The zero-order chi connectivity index (χ0) is 13.1. The highest BCUT2D eigenvalue weighted by molar-refractivity contribution is 14.1. The summed E-state index contributed by atoms with van der Waals surface area (Å²) >= 11 is 10.7. The van der Waals surface area contributed by atoms with Crippen molar-refractivity contribution >= 4 is 68.2 Å². The first-order valence-electron chi connectivity index (χ1n) is 5.29. The lowest BCUT2D eigenvalue weighted by Crippen LogP contribution is -2.10. The van der Waals surface area contributed by atoms with Crippen LogP contribution in [0, 0.1) is 14.1 Å². The highest BCUT2D eigenvalue weighted by Crippen LogP contribution is 2.24. The Balaban J connectivity index is 2.11. The van der Waals surface area contributed by atoms with Gasteiger partial charge in [0.2, 0.25) is 0 Å². The molecule has 0 saturated heterocycles. The van der Waals surface area contributed by atoms with Crippen LogP contribution < -0.4 is 10.9 Å². The Morgan fingerprint density at radius 2 is 1.44 bits per heavy atom. The van der Waals surface area contributed by atoms with Gasteiger partial charge in [-0.05, 0) is 94.1 Å². The first-order chi connectivity index (χ1) is 8.56. The highest BCUT2D eigenvalue weighted by atomic mass is 127. The molecule has 0 amide bonds. The van der Waals surface area contributed by atoms with E-state index in [9.17, 15) is 0 Å². The Labute approximate surface area is 139 Å². The van der Waals surface area contributed by atoms with Crippen molar-refractivity contribution in [2.75, 3.05) is 10.9 Å². The van der Waals surface area contributed by atoms with E-state index in [-0.39, 0.29) is 0 Å². The Bertz CT molecular complexity index is 521. The van der Waals surface area contributed by atoms with Crippen LogP contribution in [-0.4, -0.2) is 0 Å². The molecule has 0 bridgehead atoms. The number of hydrazine groups is 1. The van der Waals surface area contributed by atoms with Gasteiger partial charge in [-0.2, -0.15) is 0 Å². The van der Waals surface area contributed by atoms with Crippen molar-refractivity contribution in [3.05, 3.63) is 54.1 Å². The topological polar surface area (TPSA) is 24.1 Å². The molecule has 18 heavy (non-hydrogen) atoms. The summed E-state index contributed by atoms with van der Waals surface area (Å²) in [6, 6.07) is 12.1. The van der Waals surface area contributed by atoms with Crippen LogP contribution >= 0.6 is 56.8 Å². The summed E-state index contributed by atoms with van der Waals surface area (Å²) in [4.78, 5) is 0. The molecule has 0 unspecified atom stereocenters. The van der Waals surface area contributed by atoms with Crippen molar-refractivity contribution in [3.63, 3.8) is 0 Å². The smallest absolute Gasteiger partial charge is 0.0726 e. The molecule has 0 aromatic heterocycles. The van der Waals surface area contributed by atoms with Crippen molar-refractivity contribution in [2.45, 2.75) is 6.92 Å². The maximum atomic E-state index is 6.15. The van der Waals surface area contributed by atoms with Crippen LogP contribution in [0.5, 0.6) is 0 Å². The van der Waals surface area contributed by atoms with Gasteiger partial charge in [-0.1, -0.05) is 11.6 Å². The molecule has 0 aliphatic carbocycles. The number of halogens is 3. The molecule has 0 saturated carbocycles. The second kappa shape index (κ2) is 6.29. The largest absolute Gasteiger partial charge is 0.301 e. The van der Waals surface area contributed by atoms with E-state index < -0.39 is 0 Å². The molecule has 2 aromatic rings. The van der Waals surface area contributed by atoms with E-state index >= 15 is 0 Å². The molecule has 0 atom stereocenters. The maximum absolute atomic E-state index is 6.15. The summed E-state index contributed by atoms with van der Waals surface area (Å²) in [5, 5.41) is 0.706. The van der Waals surface area contributed by atoms with Gasteiger partial charge >= 0.3 is 0 Å². The highest BCUT2D eigenvalue weighted by Gasteiger charge is 2.02. The monoisotopic (exact) mass is 484 g/mol. The van der Waals surface area contributed by atoms with E-state index in [4.69, 9.17) is 11.6 Å². The summed E-state index contributed by atoms with van der Waals surface area (Å²) in [6.45, 7) is 2.07. The molecule has 0 fully saturated rings. The number of nitrogens with one attached hydrogen (secondary N) is 2. The fraction of sp³-hybridized carbons (Fsp3) is 0.0769. The first-order valence-corrected chi connectivity index (χ1v) is 7.83. The number of rotatable bonds is 3. The Hall–Kier alpha value is -0.210. The van der Waals surface area contributed by atoms with Gasteiger partial charge in [0.25, 0.3) is 0 Å². The van der Waals surface area contributed by atoms with Crippen molar-refractivity contribution in [1.82, 2.24) is 0 Å². The molecular formula is C13H11ClI2N2.